The predicted octanol–water partition coefficient (Wildman–Crippen LogP) is 3.67. The molecule has 2 N–H and O–H groups in total. The molecule has 5 heteroatoms. The first kappa shape index (κ1) is 10.6. The van der Waals surface area contributed by atoms with Gasteiger partial charge in [0.25, 0.3) is 0 Å². The lowest BCUT2D eigenvalue weighted by Crippen LogP contribution is -1.92. The van der Waals surface area contributed by atoms with Crippen molar-refractivity contribution in [2.45, 2.75) is 0 Å². The molecule has 0 aliphatic carbocycles. The summed E-state index contributed by atoms with van der Waals surface area (Å²) in [6.07, 6.45) is 3.28. The molecule has 0 spiro atoms. The van der Waals surface area contributed by atoms with Crippen LogP contribution in [0, 0.1) is 0 Å². The van der Waals surface area contributed by atoms with E-state index in [0.29, 0.717) is 26.8 Å². The minimum Gasteiger partial charge on any atom is -0.398 e. The summed E-state index contributed by atoms with van der Waals surface area (Å²) >= 11 is 12.4. The summed E-state index contributed by atoms with van der Waals surface area (Å²) in [5.74, 6) is 0. The highest BCUT2D eigenvalue weighted by Crippen LogP contribution is 2.38. The van der Waals surface area contributed by atoms with Crippen LogP contribution in [0.4, 0.5) is 5.69 Å². The van der Waals surface area contributed by atoms with Crippen LogP contribution in [0.3, 0.4) is 0 Å². The second-order valence-electron chi connectivity index (χ2n) is 3.65. The van der Waals surface area contributed by atoms with Crippen LogP contribution in [0.25, 0.3) is 21.8 Å². The van der Waals surface area contributed by atoms with Crippen molar-refractivity contribution < 1.29 is 0 Å². The third kappa shape index (κ3) is 1.43. The number of fused-ring (bicyclic) bond motifs is 3. The lowest BCUT2D eigenvalue weighted by Gasteiger charge is -2.09. The van der Waals surface area contributed by atoms with Gasteiger partial charge in [-0.2, -0.15) is 0 Å². The number of rotatable bonds is 0. The maximum atomic E-state index is 6.19. The van der Waals surface area contributed by atoms with Crippen molar-refractivity contribution in [3.8, 4) is 0 Å². The second kappa shape index (κ2) is 3.72. The number of nitrogens with two attached hydrogens (primary N) is 1. The van der Waals surface area contributed by atoms with Gasteiger partial charge in [-0.3, -0.25) is 9.97 Å². The molecule has 0 saturated carbocycles. The molecule has 17 heavy (non-hydrogen) atoms. The van der Waals surface area contributed by atoms with E-state index in [1.54, 1.807) is 18.5 Å². The first-order valence-corrected chi connectivity index (χ1v) is 5.71. The molecule has 3 nitrogen and oxygen atoms in total. The Morgan fingerprint density at radius 1 is 0.941 bits per heavy atom. The van der Waals surface area contributed by atoms with Gasteiger partial charge in [-0.25, -0.2) is 0 Å². The third-order valence-electron chi connectivity index (χ3n) is 2.67. The van der Waals surface area contributed by atoms with Gasteiger partial charge in [0, 0.05) is 28.9 Å². The van der Waals surface area contributed by atoms with Gasteiger partial charge in [-0.15, -0.1) is 0 Å². The van der Waals surface area contributed by atoms with E-state index < -0.39 is 0 Å². The quantitative estimate of drug-likeness (QED) is 0.630. The van der Waals surface area contributed by atoms with E-state index in [1.807, 2.05) is 12.1 Å². The summed E-state index contributed by atoms with van der Waals surface area (Å²) < 4.78 is 0. The van der Waals surface area contributed by atoms with E-state index in [9.17, 15) is 0 Å². The zero-order valence-corrected chi connectivity index (χ0v) is 10.1. The molecule has 2 aromatic heterocycles. The molecule has 0 saturated heterocycles. The standard InChI is InChI=1S/C12H7Cl2N3/c13-9-10(14)12-8(7(15)3-5-17-12)6-2-1-4-16-11(6)9/h1-5H,(H2,15,17). The molecule has 3 aromatic rings. The third-order valence-corrected chi connectivity index (χ3v) is 3.50. The highest BCUT2D eigenvalue weighted by Gasteiger charge is 2.14. The van der Waals surface area contributed by atoms with Crippen LogP contribution in [-0.4, -0.2) is 9.97 Å². The van der Waals surface area contributed by atoms with E-state index in [0.717, 1.165) is 10.8 Å². The Kier molecular flexibility index (Phi) is 2.31. The van der Waals surface area contributed by atoms with Gasteiger partial charge >= 0.3 is 0 Å². The van der Waals surface area contributed by atoms with Gasteiger partial charge in [-0.1, -0.05) is 29.3 Å². The van der Waals surface area contributed by atoms with Crippen LogP contribution in [0.1, 0.15) is 0 Å². The highest BCUT2D eigenvalue weighted by atomic mass is 35.5. The van der Waals surface area contributed by atoms with E-state index in [1.165, 1.54) is 0 Å². The predicted molar refractivity (Wildman–Crippen MR) is 71.5 cm³/mol. The number of pyridine rings is 2. The van der Waals surface area contributed by atoms with Crippen molar-refractivity contribution in [3.63, 3.8) is 0 Å². The first-order chi connectivity index (χ1) is 8.20. The first-order valence-electron chi connectivity index (χ1n) is 4.96. The Morgan fingerprint density at radius 3 is 2.47 bits per heavy atom. The van der Waals surface area contributed by atoms with Crippen LogP contribution in [0.2, 0.25) is 10.0 Å². The number of hydrogen-bond donors (Lipinski definition) is 1. The summed E-state index contributed by atoms with van der Waals surface area (Å²) in [6.45, 7) is 0. The average molecular weight is 264 g/mol. The van der Waals surface area contributed by atoms with Crippen LogP contribution in [0.5, 0.6) is 0 Å². The highest BCUT2D eigenvalue weighted by molar-refractivity contribution is 6.49. The molecule has 0 radical (unpaired) electrons. The number of halogens is 2. The molecule has 0 unspecified atom stereocenters. The maximum Gasteiger partial charge on any atom is 0.0931 e. The lowest BCUT2D eigenvalue weighted by molar-refractivity contribution is 1.39. The number of anilines is 1. The van der Waals surface area contributed by atoms with Gasteiger partial charge in [-0.05, 0) is 12.1 Å². The number of nitrogen functional groups attached to an aromatic ring is 1. The number of nitrogens with zero attached hydrogens (tertiary/aromatic N) is 2. The van der Waals surface area contributed by atoms with Crippen LogP contribution in [-0.2, 0) is 0 Å². The Bertz CT molecular complexity index is 740. The molecule has 1 aromatic carbocycles. The Morgan fingerprint density at radius 2 is 1.65 bits per heavy atom. The minimum absolute atomic E-state index is 0.389. The largest absolute Gasteiger partial charge is 0.398 e. The van der Waals surface area contributed by atoms with Gasteiger partial charge in [0.2, 0.25) is 0 Å². The molecule has 0 aliphatic rings. The summed E-state index contributed by atoms with van der Waals surface area (Å²) in [5.41, 5.74) is 7.84. The maximum absolute atomic E-state index is 6.19. The number of hydrogen-bond acceptors (Lipinski definition) is 3. The Labute approximate surface area is 107 Å². The monoisotopic (exact) mass is 263 g/mol. The molecule has 0 bridgehead atoms. The zero-order chi connectivity index (χ0) is 12.0. The van der Waals surface area contributed by atoms with Gasteiger partial charge in [0.1, 0.15) is 0 Å². The second-order valence-corrected chi connectivity index (χ2v) is 4.41. The minimum atomic E-state index is 0.389. The van der Waals surface area contributed by atoms with E-state index >= 15 is 0 Å². The van der Waals surface area contributed by atoms with Crippen molar-refractivity contribution in [3.05, 3.63) is 40.6 Å². The van der Waals surface area contributed by atoms with Gasteiger partial charge in [0.15, 0.2) is 0 Å². The summed E-state index contributed by atoms with van der Waals surface area (Å²) in [6, 6.07) is 5.47. The molecule has 0 atom stereocenters. The van der Waals surface area contributed by atoms with Crippen molar-refractivity contribution in [1.29, 1.82) is 0 Å². The van der Waals surface area contributed by atoms with Crippen LogP contribution < -0.4 is 5.73 Å². The van der Waals surface area contributed by atoms with Crippen molar-refractivity contribution in [1.82, 2.24) is 9.97 Å². The SMILES string of the molecule is Nc1ccnc2c(Cl)c(Cl)c3ncccc3c12. The fourth-order valence-corrected chi connectivity index (χ4v) is 2.39. The molecule has 0 aliphatic heterocycles. The molecule has 3 rings (SSSR count). The smallest absolute Gasteiger partial charge is 0.0931 e. The number of benzene rings is 1. The van der Waals surface area contributed by atoms with E-state index in [-0.39, 0.29) is 0 Å². The fourth-order valence-electron chi connectivity index (χ4n) is 1.92. The average Bonchev–Trinajstić information content (AvgIpc) is 2.36. The molecule has 0 fully saturated rings. The fraction of sp³-hybridized carbons (Fsp3) is 0. The number of aromatic nitrogens is 2. The van der Waals surface area contributed by atoms with Crippen molar-refractivity contribution in [2.75, 3.05) is 5.73 Å². The molecule has 0 amide bonds. The molecule has 2 heterocycles. The topological polar surface area (TPSA) is 51.8 Å². The van der Waals surface area contributed by atoms with Crippen molar-refractivity contribution >= 4 is 50.7 Å². The zero-order valence-electron chi connectivity index (χ0n) is 8.61. The van der Waals surface area contributed by atoms with Crippen LogP contribution >= 0.6 is 23.2 Å². The Hall–Kier alpha value is -1.58. The summed E-state index contributed by atoms with van der Waals surface area (Å²) in [4.78, 5) is 8.46. The van der Waals surface area contributed by atoms with E-state index in [2.05, 4.69) is 9.97 Å². The molecular formula is C12H7Cl2N3. The van der Waals surface area contributed by atoms with Gasteiger partial charge in [0.05, 0.1) is 21.1 Å². The van der Waals surface area contributed by atoms with Crippen LogP contribution in [0.15, 0.2) is 30.6 Å². The lowest BCUT2D eigenvalue weighted by atomic mass is 10.1. The van der Waals surface area contributed by atoms with Crippen molar-refractivity contribution in [2.24, 2.45) is 0 Å². The summed E-state index contributed by atoms with van der Waals surface area (Å²) in [7, 11) is 0. The Balaban J connectivity index is 2.72. The molecule has 84 valence electrons. The normalized spacial score (nSPS) is 11.2. The van der Waals surface area contributed by atoms with E-state index in [4.69, 9.17) is 28.9 Å². The molecular weight excluding hydrogens is 257 g/mol. The summed E-state index contributed by atoms with van der Waals surface area (Å²) in [5, 5.41) is 2.46. The van der Waals surface area contributed by atoms with Gasteiger partial charge < -0.3 is 5.73 Å².